The number of hydrogen-bond donors (Lipinski definition) is 2. The van der Waals surface area contributed by atoms with Gasteiger partial charge in [-0.2, -0.15) is 0 Å². The molecule has 0 radical (unpaired) electrons. The lowest BCUT2D eigenvalue weighted by Gasteiger charge is -2.25. The van der Waals surface area contributed by atoms with Crippen LogP contribution in [0.3, 0.4) is 0 Å². The molecule has 1 atom stereocenters. The van der Waals surface area contributed by atoms with Gasteiger partial charge in [0.1, 0.15) is 11.5 Å². The molecule has 0 aromatic heterocycles. The number of benzene rings is 2. The van der Waals surface area contributed by atoms with Gasteiger partial charge in [0.2, 0.25) is 0 Å². The van der Waals surface area contributed by atoms with Crippen molar-refractivity contribution >= 4 is 23.4 Å². The highest BCUT2D eigenvalue weighted by atomic mass is 16.5. The lowest BCUT2D eigenvalue weighted by molar-refractivity contribution is -0.858. The summed E-state index contributed by atoms with van der Waals surface area (Å²) in [7, 11) is 6.83. The summed E-state index contributed by atoms with van der Waals surface area (Å²) < 4.78 is 9.98. The summed E-state index contributed by atoms with van der Waals surface area (Å²) in [6.07, 6.45) is 0.686. The number of nitrogens with zero attached hydrogens (tertiary/aromatic N) is 1. The molecule has 8 nitrogen and oxygen atoms in total. The first-order valence-electron chi connectivity index (χ1n) is 10.7. The zero-order valence-corrected chi connectivity index (χ0v) is 19.3. The highest BCUT2D eigenvalue weighted by molar-refractivity contribution is 6.46. The number of ether oxygens (including phenoxy) is 2. The minimum Gasteiger partial charge on any atom is -0.507 e. The Morgan fingerprint density at radius 3 is 2.36 bits per heavy atom. The monoisotopic (exact) mass is 453 g/mol. The van der Waals surface area contributed by atoms with Crippen molar-refractivity contribution in [2.45, 2.75) is 12.5 Å². The predicted molar refractivity (Wildman–Crippen MR) is 122 cm³/mol. The number of amides is 1. The van der Waals surface area contributed by atoms with Crippen LogP contribution in [0.25, 0.3) is 5.76 Å². The van der Waals surface area contributed by atoms with E-state index in [1.54, 1.807) is 48.5 Å². The third kappa shape index (κ3) is 5.06. The number of carbonyl (C=O) groups excluding carboxylic acids is 3. The van der Waals surface area contributed by atoms with Crippen LogP contribution in [0.1, 0.15) is 33.9 Å². The number of methoxy groups -OCH3 is 2. The van der Waals surface area contributed by atoms with Crippen molar-refractivity contribution in [1.82, 2.24) is 4.90 Å². The van der Waals surface area contributed by atoms with Gasteiger partial charge in [-0.15, -0.1) is 0 Å². The van der Waals surface area contributed by atoms with Crippen LogP contribution in [0.5, 0.6) is 5.75 Å². The standard InChI is InChI=1S/C25H28N2O6/c1-26(2)13-6-14-27-21(16-9-11-17(12-10-16)25(31)33-4)20(23(29)24(27)30)22(28)18-7-5-8-19(15-18)32-3/h5,7-12,15,21,28H,6,13-14H2,1-4H3/p+1/b22-20-/t21-/m1/s1. The topological polar surface area (TPSA) is 97.6 Å². The molecule has 1 aliphatic rings. The van der Waals surface area contributed by atoms with Gasteiger partial charge in [0.15, 0.2) is 0 Å². The fraction of sp³-hybridized carbons (Fsp3) is 0.320. The Labute approximate surface area is 193 Å². The molecule has 1 heterocycles. The Balaban J connectivity index is 2.10. The molecule has 33 heavy (non-hydrogen) atoms. The lowest BCUT2D eigenvalue weighted by atomic mass is 9.94. The Morgan fingerprint density at radius 1 is 1.06 bits per heavy atom. The second kappa shape index (κ2) is 10.3. The van der Waals surface area contributed by atoms with Crippen molar-refractivity contribution in [3.05, 3.63) is 70.8 Å². The maximum Gasteiger partial charge on any atom is 0.337 e. The van der Waals surface area contributed by atoms with Crippen molar-refractivity contribution in [3.8, 4) is 5.75 Å². The molecule has 2 aromatic rings. The van der Waals surface area contributed by atoms with Crippen LogP contribution in [0.2, 0.25) is 0 Å². The Morgan fingerprint density at radius 2 is 1.76 bits per heavy atom. The second-order valence-electron chi connectivity index (χ2n) is 8.15. The summed E-state index contributed by atoms with van der Waals surface area (Å²) in [6, 6.07) is 12.4. The molecule has 0 saturated carbocycles. The average molecular weight is 454 g/mol. The first kappa shape index (κ1) is 24.0. The Kier molecular flexibility index (Phi) is 7.50. The van der Waals surface area contributed by atoms with E-state index >= 15 is 0 Å². The van der Waals surface area contributed by atoms with E-state index in [9.17, 15) is 19.5 Å². The van der Waals surface area contributed by atoms with Crippen molar-refractivity contribution in [2.75, 3.05) is 41.4 Å². The summed E-state index contributed by atoms with van der Waals surface area (Å²) in [5.74, 6) is -1.64. The van der Waals surface area contributed by atoms with E-state index < -0.39 is 23.7 Å². The molecular formula is C25H29N2O6+. The average Bonchev–Trinajstić information content (AvgIpc) is 3.08. The summed E-state index contributed by atoms with van der Waals surface area (Å²) >= 11 is 0. The van der Waals surface area contributed by atoms with E-state index in [1.807, 2.05) is 14.1 Å². The molecule has 1 fully saturated rings. The number of hydrogen-bond acceptors (Lipinski definition) is 6. The van der Waals surface area contributed by atoms with E-state index in [1.165, 1.54) is 24.0 Å². The molecule has 1 saturated heterocycles. The van der Waals surface area contributed by atoms with Gasteiger partial charge in [0, 0.05) is 18.5 Å². The first-order chi connectivity index (χ1) is 15.8. The minimum atomic E-state index is -0.778. The van der Waals surface area contributed by atoms with Gasteiger partial charge < -0.3 is 24.4 Å². The summed E-state index contributed by atoms with van der Waals surface area (Å²) in [5, 5.41) is 11.1. The number of Topliss-reactive ketones (excluding diaryl/α,β-unsaturated/α-hetero) is 1. The molecule has 2 aromatic carbocycles. The summed E-state index contributed by atoms with van der Waals surface area (Å²) in [4.78, 5) is 40.6. The number of nitrogens with one attached hydrogen (secondary N) is 1. The van der Waals surface area contributed by atoms with Gasteiger partial charge in [-0.25, -0.2) is 4.79 Å². The van der Waals surface area contributed by atoms with Gasteiger partial charge in [-0.1, -0.05) is 24.3 Å². The number of ketones is 1. The normalized spacial score (nSPS) is 17.5. The van der Waals surface area contributed by atoms with E-state index in [-0.39, 0.29) is 11.3 Å². The number of likely N-dealkylation sites (tertiary alicyclic amines) is 1. The van der Waals surface area contributed by atoms with Crippen LogP contribution >= 0.6 is 0 Å². The Bertz CT molecular complexity index is 1070. The van der Waals surface area contributed by atoms with Gasteiger partial charge in [0.25, 0.3) is 11.7 Å². The van der Waals surface area contributed by atoms with Gasteiger partial charge in [0.05, 0.1) is 52.0 Å². The van der Waals surface area contributed by atoms with Crippen LogP contribution in [0.4, 0.5) is 0 Å². The molecule has 174 valence electrons. The molecular weight excluding hydrogens is 424 g/mol. The van der Waals surface area contributed by atoms with Crippen LogP contribution in [0, 0.1) is 0 Å². The predicted octanol–water partition coefficient (Wildman–Crippen LogP) is 1.44. The third-order valence-electron chi connectivity index (χ3n) is 5.61. The van der Waals surface area contributed by atoms with E-state index in [4.69, 9.17) is 9.47 Å². The van der Waals surface area contributed by atoms with Crippen molar-refractivity contribution in [3.63, 3.8) is 0 Å². The number of carbonyl (C=O) groups is 3. The number of quaternary nitrogens is 1. The summed E-state index contributed by atoms with van der Waals surface area (Å²) in [5.41, 5.74) is 1.35. The molecule has 2 N–H and O–H groups in total. The molecule has 1 amide bonds. The van der Waals surface area contributed by atoms with E-state index in [2.05, 4.69) is 0 Å². The van der Waals surface area contributed by atoms with Crippen molar-refractivity contribution in [2.24, 2.45) is 0 Å². The second-order valence-corrected chi connectivity index (χ2v) is 8.15. The summed E-state index contributed by atoms with van der Waals surface area (Å²) in [6.45, 7) is 1.17. The van der Waals surface area contributed by atoms with Crippen LogP contribution < -0.4 is 9.64 Å². The van der Waals surface area contributed by atoms with Crippen molar-refractivity contribution in [1.29, 1.82) is 0 Å². The zero-order valence-electron chi connectivity index (χ0n) is 19.3. The third-order valence-corrected chi connectivity index (χ3v) is 5.61. The van der Waals surface area contributed by atoms with Crippen LogP contribution in [0.15, 0.2) is 54.1 Å². The number of esters is 1. The highest BCUT2D eigenvalue weighted by Gasteiger charge is 2.45. The van der Waals surface area contributed by atoms with Gasteiger partial charge in [-0.3, -0.25) is 9.59 Å². The van der Waals surface area contributed by atoms with Crippen molar-refractivity contribution < 1.29 is 33.9 Å². The zero-order chi connectivity index (χ0) is 24.1. The number of aliphatic hydroxyl groups is 1. The van der Waals surface area contributed by atoms with Crippen LogP contribution in [-0.2, 0) is 14.3 Å². The fourth-order valence-corrected chi connectivity index (χ4v) is 3.91. The maximum absolute atomic E-state index is 13.1. The quantitative estimate of drug-likeness (QED) is 0.272. The largest absolute Gasteiger partial charge is 0.507 e. The fourth-order valence-electron chi connectivity index (χ4n) is 3.91. The minimum absolute atomic E-state index is 0.0104. The smallest absolute Gasteiger partial charge is 0.337 e. The maximum atomic E-state index is 13.1. The number of aliphatic hydroxyl groups excluding tert-OH is 1. The SMILES string of the molecule is COC(=O)c1ccc([C@@H]2/C(=C(/O)c3cccc(OC)c3)C(=O)C(=O)N2CCC[NH+](C)C)cc1. The molecule has 3 rings (SSSR count). The first-order valence-corrected chi connectivity index (χ1v) is 10.7. The Hall–Kier alpha value is -3.65. The molecule has 1 aliphatic heterocycles. The van der Waals surface area contributed by atoms with E-state index in [0.717, 1.165) is 6.54 Å². The van der Waals surface area contributed by atoms with E-state index in [0.29, 0.717) is 35.4 Å². The number of rotatable bonds is 8. The molecule has 8 heteroatoms. The van der Waals surface area contributed by atoms with Crippen LogP contribution in [-0.4, -0.2) is 69.1 Å². The molecule has 0 unspecified atom stereocenters. The van der Waals surface area contributed by atoms with Gasteiger partial charge >= 0.3 is 5.97 Å². The molecule has 0 aliphatic carbocycles. The van der Waals surface area contributed by atoms with Gasteiger partial charge in [-0.05, 0) is 29.8 Å². The highest BCUT2D eigenvalue weighted by Crippen LogP contribution is 2.39. The lowest BCUT2D eigenvalue weighted by Crippen LogP contribution is -3.05. The molecule has 0 spiro atoms. The molecule has 0 bridgehead atoms.